The molecule has 0 radical (unpaired) electrons. The van der Waals surface area contributed by atoms with Gasteiger partial charge in [-0.15, -0.1) is 0 Å². The van der Waals surface area contributed by atoms with Crippen LogP contribution in [0.3, 0.4) is 0 Å². The Morgan fingerprint density at radius 3 is 2.93 bits per heavy atom. The van der Waals surface area contributed by atoms with Crippen LogP contribution < -0.4 is 5.73 Å². The van der Waals surface area contributed by atoms with Crippen LogP contribution in [0.15, 0.2) is 34.5 Å². The fourth-order valence-electron chi connectivity index (χ4n) is 1.43. The van der Waals surface area contributed by atoms with Crippen molar-refractivity contribution < 1.29 is 9.53 Å². The van der Waals surface area contributed by atoms with Gasteiger partial charge in [0, 0.05) is 22.1 Å². The first-order valence-corrected chi connectivity index (χ1v) is 5.40. The number of allylic oxidation sites excluding steroid dienone is 1. The van der Waals surface area contributed by atoms with Gasteiger partial charge in [-0.2, -0.15) is 0 Å². The number of anilines is 1. The van der Waals surface area contributed by atoms with E-state index in [0.29, 0.717) is 23.6 Å². The van der Waals surface area contributed by atoms with Crippen LogP contribution in [0.5, 0.6) is 0 Å². The van der Waals surface area contributed by atoms with Gasteiger partial charge in [-0.1, -0.05) is 15.9 Å². The Balaban J connectivity index is 2.36. The third-order valence-corrected chi connectivity index (χ3v) is 2.86. The fourth-order valence-corrected chi connectivity index (χ4v) is 1.85. The number of carbonyl (C=O) groups excluding carboxylic acids is 1. The summed E-state index contributed by atoms with van der Waals surface area (Å²) in [5.74, 6) is 0.299. The number of ketones is 1. The van der Waals surface area contributed by atoms with Gasteiger partial charge in [0.1, 0.15) is 0 Å². The van der Waals surface area contributed by atoms with Gasteiger partial charge in [0.2, 0.25) is 5.78 Å². The largest absolute Gasteiger partial charge is 0.489 e. The number of hydrogen-bond donors (Lipinski definition) is 1. The number of benzene rings is 1. The van der Waals surface area contributed by atoms with E-state index < -0.39 is 0 Å². The van der Waals surface area contributed by atoms with Crippen molar-refractivity contribution in [2.24, 2.45) is 0 Å². The van der Waals surface area contributed by atoms with E-state index in [-0.39, 0.29) is 5.78 Å². The SMILES string of the molecule is Nc1ccc(Br)c(C(=O)C2=CCCO2)c1. The molecule has 0 amide bonds. The van der Waals surface area contributed by atoms with E-state index in [1.807, 2.05) is 0 Å². The minimum atomic E-state index is -0.119. The topological polar surface area (TPSA) is 52.3 Å². The second-order valence-corrected chi connectivity index (χ2v) is 4.13. The lowest BCUT2D eigenvalue weighted by Gasteiger charge is -2.05. The summed E-state index contributed by atoms with van der Waals surface area (Å²) in [4.78, 5) is 11.9. The maximum absolute atomic E-state index is 11.9. The first-order chi connectivity index (χ1) is 7.18. The molecule has 0 aliphatic carbocycles. The molecule has 1 heterocycles. The first kappa shape index (κ1) is 10.2. The predicted molar refractivity (Wildman–Crippen MR) is 61.5 cm³/mol. The number of carbonyl (C=O) groups is 1. The highest BCUT2D eigenvalue weighted by Crippen LogP contribution is 2.24. The van der Waals surface area contributed by atoms with Crippen molar-refractivity contribution in [3.05, 3.63) is 40.1 Å². The molecule has 15 heavy (non-hydrogen) atoms. The molecule has 1 aliphatic heterocycles. The zero-order chi connectivity index (χ0) is 10.8. The summed E-state index contributed by atoms with van der Waals surface area (Å²) in [7, 11) is 0. The maximum atomic E-state index is 11.9. The molecule has 4 heteroatoms. The number of hydrogen-bond acceptors (Lipinski definition) is 3. The zero-order valence-electron chi connectivity index (χ0n) is 8.00. The molecule has 0 atom stereocenters. The predicted octanol–water partition coefficient (Wildman–Crippen LogP) is 2.52. The molecule has 2 N–H and O–H groups in total. The van der Waals surface area contributed by atoms with E-state index >= 15 is 0 Å². The number of rotatable bonds is 2. The monoisotopic (exact) mass is 267 g/mol. The first-order valence-electron chi connectivity index (χ1n) is 4.61. The van der Waals surface area contributed by atoms with Gasteiger partial charge in [-0.25, -0.2) is 0 Å². The van der Waals surface area contributed by atoms with Gasteiger partial charge >= 0.3 is 0 Å². The van der Waals surface area contributed by atoms with Crippen LogP contribution in [0.25, 0.3) is 0 Å². The quantitative estimate of drug-likeness (QED) is 0.662. The minimum Gasteiger partial charge on any atom is -0.489 e. The highest BCUT2D eigenvalue weighted by atomic mass is 79.9. The Labute approximate surface area is 96.0 Å². The van der Waals surface area contributed by atoms with Crippen molar-refractivity contribution >= 4 is 27.4 Å². The van der Waals surface area contributed by atoms with Gasteiger partial charge in [-0.3, -0.25) is 4.79 Å². The number of nitrogens with two attached hydrogens (primary N) is 1. The van der Waals surface area contributed by atoms with Crippen molar-refractivity contribution in [3.8, 4) is 0 Å². The summed E-state index contributed by atoms with van der Waals surface area (Å²) in [6, 6.07) is 5.15. The lowest BCUT2D eigenvalue weighted by molar-refractivity contribution is 0.0941. The standard InChI is InChI=1S/C11H10BrNO2/c12-9-4-3-7(13)6-8(9)11(14)10-2-1-5-15-10/h2-4,6H,1,5,13H2. The van der Waals surface area contributed by atoms with Crippen LogP contribution >= 0.6 is 15.9 Å². The van der Waals surface area contributed by atoms with Crippen molar-refractivity contribution in [1.29, 1.82) is 0 Å². The molecule has 1 aliphatic rings. The molecule has 1 aromatic carbocycles. The third kappa shape index (κ3) is 2.04. The molecule has 0 saturated heterocycles. The van der Waals surface area contributed by atoms with Crippen molar-refractivity contribution in [1.82, 2.24) is 0 Å². The Hall–Kier alpha value is -1.29. The lowest BCUT2D eigenvalue weighted by atomic mass is 10.1. The third-order valence-electron chi connectivity index (χ3n) is 2.16. The Kier molecular flexibility index (Phi) is 2.77. The number of nitrogen functional groups attached to an aromatic ring is 1. The summed E-state index contributed by atoms with van der Waals surface area (Å²) >= 11 is 3.32. The number of Topliss-reactive ketones (excluding diaryl/α,β-unsaturated/α-hetero) is 1. The van der Waals surface area contributed by atoms with Gasteiger partial charge in [0.15, 0.2) is 5.76 Å². The molecule has 78 valence electrons. The smallest absolute Gasteiger partial charge is 0.228 e. The summed E-state index contributed by atoms with van der Waals surface area (Å²) in [5, 5.41) is 0. The Morgan fingerprint density at radius 1 is 1.47 bits per heavy atom. The molecular weight excluding hydrogens is 258 g/mol. The molecule has 0 saturated carbocycles. The highest BCUT2D eigenvalue weighted by molar-refractivity contribution is 9.10. The minimum absolute atomic E-state index is 0.119. The number of ether oxygens (including phenoxy) is 1. The number of halogens is 1. The molecule has 1 aromatic rings. The van der Waals surface area contributed by atoms with Crippen LogP contribution in [-0.2, 0) is 4.74 Å². The Bertz CT molecular complexity index is 440. The van der Waals surface area contributed by atoms with E-state index in [1.54, 1.807) is 24.3 Å². The molecule has 0 aromatic heterocycles. The van der Waals surface area contributed by atoms with Crippen LogP contribution in [0.4, 0.5) is 5.69 Å². The van der Waals surface area contributed by atoms with Crippen LogP contribution in [-0.4, -0.2) is 12.4 Å². The summed E-state index contributed by atoms with van der Waals surface area (Å²) in [5.41, 5.74) is 6.74. The molecule has 3 nitrogen and oxygen atoms in total. The van der Waals surface area contributed by atoms with E-state index in [2.05, 4.69) is 15.9 Å². The van der Waals surface area contributed by atoms with Gasteiger partial charge in [0.25, 0.3) is 0 Å². The molecule has 0 fully saturated rings. The fraction of sp³-hybridized carbons (Fsp3) is 0.182. The molecule has 0 bridgehead atoms. The second kappa shape index (κ2) is 4.06. The van der Waals surface area contributed by atoms with Gasteiger partial charge in [0.05, 0.1) is 6.61 Å². The highest BCUT2D eigenvalue weighted by Gasteiger charge is 2.19. The molecule has 0 unspecified atom stereocenters. The van der Waals surface area contributed by atoms with Crippen LogP contribution in [0, 0.1) is 0 Å². The maximum Gasteiger partial charge on any atom is 0.228 e. The van der Waals surface area contributed by atoms with Crippen molar-refractivity contribution in [2.45, 2.75) is 6.42 Å². The van der Waals surface area contributed by atoms with E-state index in [1.165, 1.54) is 0 Å². The average Bonchev–Trinajstić information content (AvgIpc) is 2.74. The van der Waals surface area contributed by atoms with Crippen molar-refractivity contribution in [3.63, 3.8) is 0 Å². The Morgan fingerprint density at radius 2 is 2.27 bits per heavy atom. The summed E-state index contributed by atoms with van der Waals surface area (Å²) in [6.45, 7) is 0.584. The zero-order valence-corrected chi connectivity index (χ0v) is 9.58. The van der Waals surface area contributed by atoms with Crippen molar-refractivity contribution in [2.75, 3.05) is 12.3 Å². The lowest BCUT2D eigenvalue weighted by Crippen LogP contribution is -2.05. The average molecular weight is 268 g/mol. The van der Waals surface area contributed by atoms with E-state index in [0.717, 1.165) is 10.9 Å². The van der Waals surface area contributed by atoms with Gasteiger partial charge in [-0.05, 0) is 24.3 Å². The molecule has 0 spiro atoms. The summed E-state index contributed by atoms with van der Waals surface area (Å²) < 4.78 is 5.95. The van der Waals surface area contributed by atoms with Gasteiger partial charge < -0.3 is 10.5 Å². The van der Waals surface area contributed by atoms with Crippen LogP contribution in [0.1, 0.15) is 16.8 Å². The molecule has 2 rings (SSSR count). The van der Waals surface area contributed by atoms with E-state index in [9.17, 15) is 4.79 Å². The van der Waals surface area contributed by atoms with E-state index in [4.69, 9.17) is 10.5 Å². The molecular formula is C11H10BrNO2. The van der Waals surface area contributed by atoms with Crippen LogP contribution in [0.2, 0.25) is 0 Å². The normalized spacial score (nSPS) is 14.6. The second-order valence-electron chi connectivity index (χ2n) is 3.27. The summed E-state index contributed by atoms with van der Waals surface area (Å²) in [6.07, 6.45) is 2.60.